The van der Waals surface area contributed by atoms with Gasteiger partial charge in [0.15, 0.2) is 0 Å². The summed E-state index contributed by atoms with van der Waals surface area (Å²) in [6, 6.07) is 7.31. The Balaban J connectivity index is 2.19. The second-order valence-electron chi connectivity index (χ2n) is 3.73. The summed E-state index contributed by atoms with van der Waals surface area (Å²) in [6.45, 7) is 3.84. The molecule has 1 heterocycles. The molecule has 2 atom stereocenters. The molecule has 0 saturated carbocycles. The Morgan fingerprint density at radius 2 is 2.06 bits per heavy atom. The molecule has 1 aliphatic rings. The predicted octanol–water partition coefficient (Wildman–Crippen LogP) is 2.21. The number of hydrogen-bond acceptors (Lipinski definition) is 3. The van der Waals surface area contributed by atoms with Crippen LogP contribution in [-0.2, 0) is 9.53 Å². The number of cyclic esters (lactones) is 1. The molecular weight excluding hydrogens is 272 g/mol. The third-order valence-electron chi connectivity index (χ3n) is 2.70. The average Bonchev–Trinajstić information content (AvgIpc) is 2.60. The van der Waals surface area contributed by atoms with E-state index in [0.717, 1.165) is 10.0 Å². The van der Waals surface area contributed by atoms with Crippen LogP contribution >= 0.6 is 15.9 Å². The Bertz CT molecular complexity index is 424. The van der Waals surface area contributed by atoms with Gasteiger partial charge in [0.2, 0.25) is 0 Å². The standard InChI is InChI=1S/C12H11BrO3/c1-7-10(6-16-12(7)15)11(14)8-2-4-9(13)5-3-8/h2-5,10-11,14H,1,6H2/t10-,11+/m1/s1. The fourth-order valence-corrected chi connectivity index (χ4v) is 1.95. The van der Waals surface area contributed by atoms with Crippen LogP contribution in [0.25, 0.3) is 0 Å². The van der Waals surface area contributed by atoms with Crippen molar-refractivity contribution in [3.63, 3.8) is 0 Å². The van der Waals surface area contributed by atoms with E-state index >= 15 is 0 Å². The lowest BCUT2D eigenvalue weighted by Gasteiger charge is -2.16. The molecule has 84 valence electrons. The number of carbonyl (C=O) groups excluding carboxylic acids is 1. The molecular formula is C12H11BrO3. The number of carbonyl (C=O) groups is 1. The van der Waals surface area contributed by atoms with Crippen molar-refractivity contribution in [1.82, 2.24) is 0 Å². The summed E-state index contributed by atoms with van der Waals surface area (Å²) in [7, 11) is 0. The monoisotopic (exact) mass is 282 g/mol. The first-order valence-electron chi connectivity index (χ1n) is 4.89. The molecule has 0 radical (unpaired) electrons. The predicted molar refractivity (Wildman–Crippen MR) is 62.7 cm³/mol. The van der Waals surface area contributed by atoms with E-state index in [4.69, 9.17) is 4.74 Å². The SMILES string of the molecule is C=C1C(=O)OC[C@H]1[C@@H](O)c1ccc(Br)cc1. The summed E-state index contributed by atoms with van der Waals surface area (Å²) in [6.07, 6.45) is -0.743. The van der Waals surface area contributed by atoms with Crippen LogP contribution in [0.3, 0.4) is 0 Å². The van der Waals surface area contributed by atoms with Gasteiger partial charge >= 0.3 is 5.97 Å². The quantitative estimate of drug-likeness (QED) is 0.668. The van der Waals surface area contributed by atoms with Gasteiger partial charge < -0.3 is 9.84 Å². The third-order valence-corrected chi connectivity index (χ3v) is 3.23. The lowest BCUT2D eigenvalue weighted by atomic mass is 9.92. The number of aliphatic hydroxyl groups excluding tert-OH is 1. The molecule has 0 spiro atoms. The summed E-state index contributed by atoms with van der Waals surface area (Å²) in [5, 5.41) is 10.1. The number of rotatable bonds is 2. The second-order valence-corrected chi connectivity index (χ2v) is 4.64. The van der Waals surface area contributed by atoms with E-state index in [1.807, 2.05) is 24.3 Å². The minimum atomic E-state index is -0.743. The first-order chi connectivity index (χ1) is 7.59. The Morgan fingerprint density at radius 1 is 1.44 bits per heavy atom. The Morgan fingerprint density at radius 3 is 2.56 bits per heavy atom. The zero-order valence-electron chi connectivity index (χ0n) is 8.52. The van der Waals surface area contributed by atoms with Gasteiger partial charge in [-0.15, -0.1) is 0 Å². The number of halogens is 1. The van der Waals surface area contributed by atoms with E-state index in [0.29, 0.717) is 5.57 Å². The van der Waals surface area contributed by atoms with Crippen molar-refractivity contribution in [2.75, 3.05) is 6.61 Å². The molecule has 0 aromatic heterocycles. The van der Waals surface area contributed by atoms with Crippen molar-refractivity contribution in [3.8, 4) is 0 Å². The molecule has 1 fully saturated rings. The molecule has 0 amide bonds. The van der Waals surface area contributed by atoms with Crippen molar-refractivity contribution < 1.29 is 14.6 Å². The largest absolute Gasteiger partial charge is 0.462 e. The van der Waals surface area contributed by atoms with Crippen molar-refractivity contribution in [2.45, 2.75) is 6.10 Å². The number of esters is 1. The van der Waals surface area contributed by atoms with Crippen molar-refractivity contribution in [1.29, 1.82) is 0 Å². The Kier molecular flexibility index (Phi) is 3.12. The second kappa shape index (κ2) is 4.39. The maximum absolute atomic E-state index is 11.1. The van der Waals surface area contributed by atoms with E-state index in [1.165, 1.54) is 0 Å². The van der Waals surface area contributed by atoms with Crippen molar-refractivity contribution in [3.05, 3.63) is 46.5 Å². The maximum Gasteiger partial charge on any atom is 0.333 e. The van der Waals surface area contributed by atoms with Crippen LogP contribution in [0.15, 0.2) is 40.9 Å². The smallest absolute Gasteiger partial charge is 0.333 e. The highest BCUT2D eigenvalue weighted by atomic mass is 79.9. The molecule has 0 unspecified atom stereocenters. The van der Waals surface area contributed by atoms with Crippen LogP contribution in [-0.4, -0.2) is 17.7 Å². The molecule has 3 nitrogen and oxygen atoms in total. The summed E-state index contributed by atoms with van der Waals surface area (Å²) in [5.74, 6) is -0.755. The highest BCUT2D eigenvalue weighted by Gasteiger charge is 2.34. The number of benzene rings is 1. The Labute approximate surface area is 102 Å². The highest BCUT2D eigenvalue weighted by Crippen LogP contribution is 2.32. The van der Waals surface area contributed by atoms with Gasteiger partial charge in [-0.1, -0.05) is 34.6 Å². The molecule has 0 aliphatic carbocycles. The van der Waals surface area contributed by atoms with E-state index in [2.05, 4.69) is 22.5 Å². The van der Waals surface area contributed by atoms with Gasteiger partial charge in [-0.25, -0.2) is 4.79 Å². The van der Waals surface area contributed by atoms with Gasteiger partial charge in [0.25, 0.3) is 0 Å². The van der Waals surface area contributed by atoms with Crippen LogP contribution in [0, 0.1) is 5.92 Å². The number of hydrogen-bond donors (Lipinski definition) is 1. The van der Waals surface area contributed by atoms with E-state index in [1.54, 1.807) is 0 Å². The Hall–Kier alpha value is -1.13. The molecule has 4 heteroatoms. The minimum Gasteiger partial charge on any atom is -0.462 e. The van der Waals surface area contributed by atoms with Crippen LogP contribution in [0.2, 0.25) is 0 Å². The molecule has 1 aromatic carbocycles. The summed E-state index contributed by atoms with van der Waals surface area (Å²) in [5.41, 5.74) is 1.10. The zero-order chi connectivity index (χ0) is 11.7. The minimum absolute atomic E-state index is 0.203. The molecule has 16 heavy (non-hydrogen) atoms. The van der Waals surface area contributed by atoms with E-state index in [9.17, 15) is 9.90 Å². The van der Waals surface area contributed by atoms with Crippen LogP contribution in [0.4, 0.5) is 0 Å². The van der Waals surface area contributed by atoms with Crippen LogP contribution in [0.1, 0.15) is 11.7 Å². The maximum atomic E-state index is 11.1. The van der Waals surface area contributed by atoms with Crippen LogP contribution in [0.5, 0.6) is 0 Å². The zero-order valence-corrected chi connectivity index (χ0v) is 10.1. The lowest BCUT2D eigenvalue weighted by molar-refractivity contribution is -0.135. The molecule has 1 saturated heterocycles. The molecule has 1 aliphatic heterocycles. The molecule has 1 N–H and O–H groups in total. The van der Waals surface area contributed by atoms with Gasteiger partial charge in [-0.05, 0) is 17.7 Å². The first-order valence-corrected chi connectivity index (χ1v) is 5.68. The molecule has 0 bridgehead atoms. The summed E-state index contributed by atoms with van der Waals surface area (Å²) in [4.78, 5) is 11.1. The van der Waals surface area contributed by atoms with E-state index < -0.39 is 12.1 Å². The highest BCUT2D eigenvalue weighted by molar-refractivity contribution is 9.10. The fourth-order valence-electron chi connectivity index (χ4n) is 1.68. The number of aliphatic hydroxyl groups is 1. The van der Waals surface area contributed by atoms with E-state index in [-0.39, 0.29) is 12.5 Å². The van der Waals surface area contributed by atoms with Gasteiger partial charge in [0.1, 0.15) is 6.61 Å². The van der Waals surface area contributed by atoms with Crippen molar-refractivity contribution >= 4 is 21.9 Å². The van der Waals surface area contributed by atoms with Gasteiger partial charge in [-0.2, -0.15) is 0 Å². The average molecular weight is 283 g/mol. The molecule has 2 rings (SSSR count). The lowest BCUT2D eigenvalue weighted by Crippen LogP contribution is -2.14. The normalized spacial score (nSPS) is 22.0. The fraction of sp³-hybridized carbons (Fsp3) is 0.250. The van der Waals surface area contributed by atoms with Crippen molar-refractivity contribution in [2.24, 2.45) is 5.92 Å². The summed E-state index contributed by atoms with van der Waals surface area (Å²) >= 11 is 3.32. The first kappa shape index (κ1) is 11.4. The van der Waals surface area contributed by atoms with Gasteiger partial charge in [0, 0.05) is 10.0 Å². The number of ether oxygens (including phenoxy) is 1. The van der Waals surface area contributed by atoms with Gasteiger partial charge in [0.05, 0.1) is 12.0 Å². The topological polar surface area (TPSA) is 46.5 Å². The molecule has 1 aromatic rings. The third kappa shape index (κ3) is 2.03. The van der Waals surface area contributed by atoms with Gasteiger partial charge in [-0.3, -0.25) is 0 Å². The summed E-state index contributed by atoms with van der Waals surface area (Å²) < 4.78 is 5.78. The van der Waals surface area contributed by atoms with Crippen LogP contribution < -0.4 is 0 Å².